The van der Waals surface area contributed by atoms with Crippen LogP contribution in [0.5, 0.6) is 0 Å². The lowest BCUT2D eigenvalue weighted by Crippen LogP contribution is -2.65. The van der Waals surface area contributed by atoms with Gasteiger partial charge in [-0.3, -0.25) is 10.6 Å². The van der Waals surface area contributed by atoms with Gasteiger partial charge in [-0.2, -0.15) is 0 Å². The van der Waals surface area contributed by atoms with Crippen molar-refractivity contribution in [3.8, 4) is 0 Å². The van der Waals surface area contributed by atoms with Crippen LogP contribution in [0.2, 0.25) is 0 Å². The molecule has 1 heterocycles. The Morgan fingerprint density at radius 3 is 2.00 bits per heavy atom. The van der Waals surface area contributed by atoms with Gasteiger partial charge in [-0.1, -0.05) is 0 Å². The average Bonchev–Trinajstić information content (AvgIpc) is 1.97. The molecule has 1 aliphatic rings. The molecule has 1 saturated heterocycles. The van der Waals surface area contributed by atoms with Gasteiger partial charge < -0.3 is 4.74 Å². The van der Waals surface area contributed by atoms with Gasteiger partial charge >= 0.3 is 5.97 Å². The summed E-state index contributed by atoms with van der Waals surface area (Å²) in [6.45, 7) is 9.75. The maximum absolute atomic E-state index is 10.9. The van der Waals surface area contributed by atoms with Crippen molar-refractivity contribution in [3.05, 3.63) is 0 Å². The fraction of sp³-hybridized carbons (Fsp3) is 0.909. The summed E-state index contributed by atoms with van der Waals surface area (Å²) in [5.74, 6) is 5.87. The van der Waals surface area contributed by atoms with Gasteiger partial charge in [0.05, 0.1) is 0 Å². The quantitative estimate of drug-likeness (QED) is 0.530. The van der Waals surface area contributed by atoms with E-state index in [2.05, 4.69) is 27.7 Å². The second kappa shape index (κ2) is 3.76. The fourth-order valence-corrected chi connectivity index (χ4v) is 2.52. The van der Waals surface area contributed by atoms with Crippen molar-refractivity contribution < 1.29 is 9.53 Å². The number of ether oxygens (including phenoxy) is 1. The van der Waals surface area contributed by atoms with Gasteiger partial charge in [0.15, 0.2) is 0 Å². The van der Waals surface area contributed by atoms with E-state index in [0.717, 1.165) is 12.8 Å². The van der Waals surface area contributed by atoms with Crippen molar-refractivity contribution in [2.24, 2.45) is 5.84 Å². The molecule has 2 N–H and O–H groups in total. The lowest BCUT2D eigenvalue weighted by molar-refractivity contribution is -0.158. The summed E-state index contributed by atoms with van der Waals surface area (Å²) >= 11 is 0. The predicted octanol–water partition coefficient (Wildman–Crippen LogP) is 1.44. The maximum Gasteiger partial charge on any atom is 0.302 e. The van der Waals surface area contributed by atoms with Crippen LogP contribution in [0.25, 0.3) is 0 Å². The summed E-state index contributed by atoms with van der Waals surface area (Å²) in [7, 11) is 0. The molecule has 1 rings (SSSR count). The third-order valence-corrected chi connectivity index (χ3v) is 3.09. The number of carbonyl (C=O) groups excluding carboxylic acids is 1. The molecule has 88 valence electrons. The average molecular weight is 214 g/mol. The van der Waals surface area contributed by atoms with E-state index in [1.54, 1.807) is 0 Å². The van der Waals surface area contributed by atoms with Crippen LogP contribution in [0.3, 0.4) is 0 Å². The lowest BCUT2D eigenvalue weighted by Gasteiger charge is -2.52. The first-order chi connectivity index (χ1) is 6.65. The van der Waals surface area contributed by atoms with Crippen molar-refractivity contribution >= 4 is 5.97 Å². The highest BCUT2D eigenvalue weighted by Crippen LogP contribution is 2.36. The van der Waals surface area contributed by atoms with Gasteiger partial charge in [-0.05, 0) is 27.7 Å². The molecule has 1 aliphatic heterocycles. The minimum atomic E-state index is -0.211. The van der Waals surface area contributed by atoms with Gasteiger partial charge in [-0.25, -0.2) is 5.01 Å². The highest BCUT2D eigenvalue weighted by Gasteiger charge is 2.44. The molecule has 0 bridgehead atoms. The molecule has 0 aromatic heterocycles. The van der Waals surface area contributed by atoms with E-state index < -0.39 is 0 Å². The summed E-state index contributed by atoms with van der Waals surface area (Å²) in [6.07, 6.45) is 1.55. The Morgan fingerprint density at radius 1 is 1.27 bits per heavy atom. The standard InChI is InChI=1S/C11H22N2O2/c1-8(14)15-9-6-10(2,3)13(12)11(4,5)7-9/h9H,6-7,12H2,1-5H3. The van der Waals surface area contributed by atoms with Gasteiger partial charge in [0.2, 0.25) is 0 Å². The normalized spacial score (nSPS) is 26.3. The van der Waals surface area contributed by atoms with Crippen molar-refractivity contribution in [2.45, 2.75) is 64.6 Å². The van der Waals surface area contributed by atoms with E-state index in [9.17, 15) is 4.79 Å². The summed E-state index contributed by atoms with van der Waals surface area (Å²) in [4.78, 5) is 10.9. The number of nitrogens with zero attached hydrogens (tertiary/aromatic N) is 1. The number of esters is 1. The summed E-state index contributed by atoms with van der Waals surface area (Å²) in [6, 6.07) is 0. The van der Waals surface area contributed by atoms with Crippen LogP contribution in [-0.2, 0) is 9.53 Å². The summed E-state index contributed by atoms with van der Waals surface area (Å²) in [5, 5.41) is 1.87. The van der Waals surface area contributed by atoms with Crippen LogP contribution < -0.4 is 5.84 Å². The highest BCUT2D eigenvalue weighted by molar-refractivity contribution is 5.66. The Balaban J connectivity index is 2.79. The van der Waals surface area contributed by atoms with Crippen LogP contribution in [-0.4, -0.2) is 28.2 Å². The smallest absolute Gasteiger partial charge is 0.302 e. The van der Waals surface area contributed by atoms with Gasteiger partial charge in [-0.15, -0.1) is 0 Å². The Morgan fingerprint density at radius 2 is 1.67 bits per heavy atom. The molecule has 4 nitrogen and oxygen atoms in total. The third kappa shape index (κ3) is 2.69. The fourth-order valence-electron chi connectivity index (χ4n) is 2.52. The molecule has 0 amide bonds. The van der Waals surface area contributed by atoms with Crippen molar-refractivity contribution in [3.63, 3.8) is 0 Å². The summed E-state index contributed by atoms with van der Waals surface area (Å²) in [5.41, 5.74) is -0.274. The van der Waals surface area contributed by atoms with Crippen molar-refractivity contribution in [1.29, 1.82) is 0 Å². The van der Waals surface area contributed by atoms with Gasteiger partial charge in [0.1, 0.15) is 6.10 Å². The lowest BCUT2D eigenvalue weighted by atomic mass is 9.80. The van der Waals surface area contributed by atoms with Crippen molar-refractivity contribution in [1.82, 2.24) is 5.01 Å². The monoisotopic (exact) mass is 214 g/mol. The van der Waals surface area contributed by atoms with E-state index in [4.69, 9.17) is 10.6 Å². The number of rotatable bonds is 1. The molecule has 4 heteroatoms. The largest absolute Gasteiger partial charge is 0.462 e. The Bertz CT molecular complexity index is 243. The van der Waals surface area contributed by atoms with E-state index in [1.807, 2.05) is 5.01 Å². The van der Waals surface area contributed by atoms with E-state index in [-0.39, 0.29) is 23.2 Å². The first kappa shape index (κ1) is 12.5. The molecule has 1 fully saturated rings. The first-order valence-corrected chi connectivity index (χ1v) is 5.37. The minimum Gasteiger partial charge on any atom is -0.462 e. The molecular weight excluding hydrogens is 192 g/mol. The Kier molecular flexibility index (Phi) is 3.12. The minimum absolute atomic E-state index is 0.0210. The maximum atomic E-state index is 10.9. The highest BCUT2D eigenvalue weighted by atomic mass is 16.5. The summed E-state index contributed by atoms with van der Waals surface area (Å²) < 4.78 is 5.29. The first-order valence-electron chi connectivity index (χ1n) is 5.37. The third-order valence-electron chi connectivity index (χ3n) is 3.09. The number of hydrogen-bond donors (Lipinski definition) is 1. The van der Waals surface area contributed by atoms with E-state index in [0.29, 0.717) is 0 Å². The van der Waals surface area contributed by atoms with Gasteiger partial charge in [0.25, 0.3) is 0 Å². The number of carbonyl (C=O) groups is 1. The SMILES string of the molecule is CC(=O)OC1CC(C)(C)N(N)C(C)(C)C1. The Labute approximate surface area is 91.7 Å². The van der Waals surface area contributed by atoms with Crippen LogP contribution in [0.4, 0.5) is 0 Å². The second-order valence-electron chi connectivity index (χ2n) is 5.63. The molecule has 0 aliphatic carbocycles. The number of piperidine rings is 1. The predicted molar refractivity (Wildman–Crippen MR) is 59.0 cm³/mol. The zero-order valence-electron chi connectivity index (χ0n) is 10.3. The van der Waals surface area contributed by atoms with Gasteiger partial charge in [0, 0.05) is 30.8 Å². The molecule has 0 aromatic carbocycles. The topological polar surface area (TPSA) is 55.6 Å². The molecule has 0 saturated carbocycles. The van der Waals surface area contributed by atoms with Crippen molar-refractivity contribution in [2.75, 3.05) is 0 Å². The van der Waals surface area contributed by atoms with Crippen LogP contribution >= 0.6 is 0 Å². The second-order valence-corrected chi connectivity index (χ2v) is 5.63. The molecule has 0 aromatic rings. The van der Waals surface area contributed by atoms with E-state index in [1.165, 1.54) is 6.92 Å². The molecule has 0 unspecified atom stereocenters. The number of hydrazine groups is 1. The zero-order chi connectivity index (χ0) is 11.9. The zero-order valence-corrected chi connectivity index (χ0v) is 10.3. The number of nitrogens with two attached hydrogens (primary N) is 1. The molecule has 15 heavy (non-hydrogen) atoms. The molecule has 0 atom stereocenters. The van der Waals surface area contributed by atoms with E-state index >= 15 is 0 Å². The van der Waals surface area contributed by atoms with Crippen LogP contribution in [0.15, 0.2) is 0 Å². The molecule has 0 radical (unpaired) electrons. The van der Waals surface area contributed by atoms with Crippen LogP contribution in [0.1, 0.15) is 47.5 Å². The number of hydrogen-bond acceptors (Lipinski definition) is 4. The molecular formula is C11H22N2O2. The Hall–Kier alpha value is -0.610. The molecule has 0 spiro atoms. The van der Waals surface area contributed by atoms with Crippen LogP contribution in [0, 0.1) is 0 Å².